The first-order chi connectivity index (χ1) is 12.0. The predicted molar refractivity (Wildman–Crippen MR) is 97.6 cm³/mol. The third-order valence-corrected chi connectivity index (χ3v) is 5.81. The maximum absolute atomic E-state index is 12.7. The van der Waals surface area contributed by atoms with Crippen LogP contribution in [0, 0.1) is 5.41 Å². The highest BCUT2D eigenvalue weighted by molar-refractivity contribution is 5.74. The van der Waals surface area contributed by atoms with Crippen molar-refractivity contribution in [2.24, 2.45) is 5.41 Å². The zero-order valence-electron chi connectivity index (χ0n) is 15.3. The quantitative estimate of drug-likeness (QED) is 0.862. The van der Waals surface area contributed by atoms with Gasteiger partial charge in [0.2, 0.25) is 0 Å². The van der Waals surface area contributed by atoms with Crippen molar-refractivity contribution in [3.63, 3.8) is 0 Å². The number of carbonyl (C=O) groups excluding carboxylic acids is 1. The van der Waals surface area contributed by atoms with E-state index in [1.165, 1.54) is 6.42 Å². The minimum absolute atomic E-state index is 0.0238. The van der Waals surface area contributed by atoms with Crippen molar-refractivity contribution in [2.45, 2.75) is 44.6 Å². The summed E-state index contributed by atoms with van der Waals surface area (Å²) in [6, 6.07) is 10.1. The number of urea groups is 1. The third-order valence-electron chi connectivity index (χ3n) is 5.81. The molecular weight excluding hydrogens is 316 g/mol. The van der Waals surface area contributed by atoms with Gasteiger partial charge in [-0.1, -0.05) is 44.2 Å². The number of aliphatic hydroxyl groups is 1. The Morgan fingerprint density at radius 2 is 2.08 bits per heavy atom. The lowest BCUT2D eigenvalue weighted by atomic mass is 9.75. The molecule has 1 spiro atoms. The third kappa shape index (κ3) is 3.98. The van der Waals surface area contributed by atoms with Crippen LogP contribution < -0.4 is 5.32 Å². The van der Waals surface area contributed by atoms with Crippen LogP contribution in [0.1, 0.15) is 44.6 Å². The van der Waals surface area contributed by atoms with Crippen LogP contribution in [-0.4, -0.2) is 54.5 Å². The Morgan fingerprint density at radius 1 is 1.36 bits per heavy atom. The van der Waals surface area contributed by atoms with E-state index in [9.17, 15) is 9.90 Å². The minimum atomic E-state index is -0.311. The van der Waals surface area contributed by atoms with Gasteiger partial charge in [-0.05, 0) is 30.2 Å². The molecule has 3 rings (SSSR count). The number of amides is 2. The van der Waals surface area contributed by atoms with E-state index in [4.69, 9.17) is 4.74 Å². The average Bonchev–Trinajstić information content (AvgIpc) is 2.61. The predicted octanol–water partition coefficient (Wildman–Crippen LogP) is 2.75. The number of morpholine rings is 1. The highest BCUT2D eigenvalue weighted by Crippen LogP contribution is 2.38. The Labute approximate surface area is 150 Å². The summed E-state index contributed by atoms with van der Waals surface area (Å²) in [7, 11) is 0. The van der Waals surface area contributed by atoms with Gasteiger partial charge >= 0.3 is 6.03 Å². The standard InChI is InChI=1S/C20H30N2O3/c1-19(2,15-23)17(16-7-4-3-5-8-16)13-21-18(24)22-11-12-25-20(14-22)9-6-10-20/h3-5,7-8,17,23H,6,9-15H2,1-2H3,(H,21,24). The number of aliphatic hydroxyl groups excluding tert-OH is 1. The fraction of sp³-hybridized carbons (Fsp3) is 0.650. The van der Waals surface area contributed by atoms with Gasteiger partial charge in [-0.2, -0.15) is 0 Å². The van der Waals surface area contributed by atoms with Crippen molar-refractivity contribution in [2.75, 3.05) is 32.8 Å². The van der Waals surface area contributed by atoms with E-state index in [2.05, 4.69) is 17.4 Å². The molecule has 1 aliphatic heterocycles. The van der Waals surface area contributed by atoms with Crippen molar-refractivity contribution < 1.29 is 14.6 Å². The highest BCUT2D eigenvalue weighted by atomic mass is 16.5. The first-order valence-electron chi connectivity index (χ1n) is 9.28. The Kier molecular flexibility index (Phi) is 5.35. The Bertz CT molecular complexity index is 584. The number of benzene rings is 1. The number of nitrogens with one attached hydrogen (secondary N) is 1. The lowest BCUT2D eigenvalue weighted by molar-refractivity contribution is -0.141. The molecule has 1 unspecified atom stereocenters. The second-order valence-corrected chi connectivity index (χ2v) is 8.10. The number of hydrogen-bond donors (Lipinski definition) is 2. The van der Waals surface area contributed by atoms with Gasteiger partial charge < -0.3 is 20.1 Å². The summed E-state index contributed by atoms with van der Waals surface area (Å²) in [5.74, 6) is 0.0568. The summed E-state index contributed by atoms with van der Waals surface area (Å²) < 4.78 is 5.89. The second-order valence-electron chi connectivity index (χ2n) is 8.10. The SMILES string of the molecule is CC(C)(CO)C(CNC(=O)N1CCOC2(CCC2)C1)c1ccccc1. The van der Waals surface area contributed by atoms with E-state index < -0.39 is 0 Å². The first-order valence-corrected chi connectivity index (χ1v) is 9.28. The zero-order chi connectivity index (χ0) is 17.9. The van der Waals surface area contributed by atoms with Crippen molar-refractivity contribution in [1.82, 2.24) is 10.2 Å². The van der Waals surface area contributed by atoms with E-state index in [1.807, 2.05) is 36.9 Å². The van der Waals surface area contributed by atoms with E-state index in [0.717, 1.165) is 18.4 Å². The topological polar surface area (TPSA) is 61.8 Å². The lowest BCUT2D eigenvalue weighted by Gasteiger charge is -2.48. The van der Waals surface area contributed by atoms with Gasteiger partial charge in [0.15, 0.2) is 0 Å². The number of nitrogens with zero attached hydrogens (tertiary/aromatic N) is 1. The molecule has 1 heterocycles. The molecular formula is C20H30N2O3. The summed E-state index contributed by atoms with van der Waals surface area (Å²) >= 11 is 0. The van der Waals surface area contributed by atoms with Crippen LogP contribution in [0.15, 0.2) is 30.3 Å². The molecule has 1 saturated heterocycles. The molecule has 1 aromatic rings. The molecule has 0 radical (unpaired) electrons. The molecule has 138 valence electrons. The summed E-state index contributed by atoms with van der Waals surface area (Å²) in [6.45, 7) is 6.62. The summed E-state index contributed by atoms with van der Waals surface area (Å²) in [5, 5.41) is 12.9. The number of carbonyl (C=O) groups is 1. The van der Waals surface area contributed by atoms with Crippen molar-refractivity contribution in [3.8, 4) is 0 Å². The van der Waals surface area contributed by atoms with Gasteiger partial charge in [-0.3, -0.25) is 0 Å². The molecule has 2 aliphatic rings. The van der Waals surface area contributed by atoms with Gasteiger partial charge in [0.05, 0.1) is 18.8 Å². The Balaban J connectivity index is 1.63. The monoisotopic (exact) mass is 346 g/mol. The first kappa shape index (κ1) is 18.2. The molecule has 1 aromatic carbocycles. The molecule has 2 amide bonds. The molecule has 0 bridgehead atoms. The molecule has 0 aromatic heterocycles. The van der Waals surface area contributed by atoms with E-state index in [0.29, 0.717) is 26.2 Å². The van der Waals surface area contributed by atoms with Crippen LogP contribution in [-0.2, 0) is 4.74 Å². The van der Waals surface area contributed by atoms with Crippen molar-refractivity contribution >= 4 is 6.03 Å². The normalized spacial score (nSPS) is 20.8. The maximum Gasteiger partial charge on any atom is 0.317 e. The van der Waals surface area contributed by atoms with Crippen molar-refractivity contribution in [3.05, 3.63) is 35.9 Å². The molecule has 1 atom stereocenters. The molecule has 1 aliphatic carbocycles. The van der Waals surface area contributed by atoms with Crippen LogP contribution in [0.3, 0.4) is 0 Å². The van der Waals surface area contributed by atoms with Gasteiger partial charge in [0.1, 0.15) is 0 Å². The van der Waals surface area contributed by atoms with E-state index in [1.54, 1.807) is 0 Å². The molecule has 5 heteroatoms. The number of hydrogen-bond acceptors (Lipinski definition) is 3. The van der Waals surface area contributed by atoms with Crippen molar-refractivity contribution in [1.29, 1.82) is 0 Å². The van der Waals surface area contributed by atoms with E-state index >= 15 is 0 Å². The molecule has 25 heavy (non-hydrogen) atoms. The van der Waals surface area contributed by atoms with Crippen LogP contribution in [0.4, 0.5) is 4.79 Å². The number of ether oxygens (including phenoxy) is 1. The number of rotatable bonds is 5. The van der Waals surface area contributed by atoms with Crippen LogP contribution in [0.25, 0.3) is 0 Å². The largest absolute Gasteiger partial charge is 0.396 e. The Morgan fingerprint density at radius 3 is 2.68 bits per heavy atom. The fourth-order valence-electron chi connectivity index (χ4n) is 3.83. The van der Waals surface area contributed by atoms with Crippen LogP contribution >= 0.6 is 0 Å². The Hall–Kier alpha value is -1.59. The second kappa shape index (κ2) is 7.34. The highest BCUT2D eigenvalue weighted by Gasteiger charge is 2.43. The minimum Gasteiger partial charge on any atom is -0.396 e. The van der Waals surface area contributed by atoms with Crippen LogP contribution in [0.5, 0.6) is 0 Å². The molecule has 2 N–H and O–H groups in total. The summed E-state index contributed by atoms with van der Waals surface area (Å²) in [4.78, 5) is 14.6. The smallest absolute Gasteiger partial charge is 0.317 e. The maximum atomic E-state index is 12.7. The van der Waals surface area contributed by atoms with Gasteiger partial charge in [-0.25, -0.2) is 4.79 Å². The summed E-state index contributed by atoms with van der Waals surface area (Å²) in [6.07, 6.45) is 3.30. The van der Waals surface area contributed by atoms with E-state index in [-0.39, 0.29) is 29.6 Å². The summed E-state index contributed by atoms with van der Waals surface area (Å²) in [5.41, 5.74) is 0.743. The zero-order valence-corrected chi connectivity index (χ0v) is 15.3. The molecule has 2 fully saturated rings. The average molecular weight is 346 g/mol. The molecule has 1 saturated carbocycles. The fourth-order valence-corrected chi connectivity index (χ4v) is 3.83. The lowest BCUT2D eigenvalue weighted by Crippen LogP contribution is -2.59. The van der Waals surface area contributed by atoms with Crippen LogP contribution in [0.2, 0.25) is 0 Å². The van der Waals surface area contributed by atoms with Gasteiger partial charge in [0, 0.05) is 25.6 Å². The van der Waals surface area contributed by atoms with Gasteiger partial charge in [0.25, 0.3) is 0 Å². The van der Waals surface area contributed by atoms with Gasteiger partial charge in [-0.15, -0.1) is 0 Å². The molecule has 5 nitrogen and oxygen atoms in total.